The fraction of sp³-hybridized carbons (Fsp3) is 0.108. The Kier molecular flexibility index (Phi) is 9.68. The predicted octanol–water partition coefficient (Wildman–Crippen LogP) is 18.1. The molecule has 0 spiro atoms. The molecule has 0 amide bonds. The van der Waals surface area contributed by atoms with Gasteiger partial charge < -0.3 is 4.74 Å². The van der Waals surface area contributed by atoms with Gasteiger partial charge in [0.25, 0.3) is 0 Å². The van der Waals surface area contributed by atoms with E-state index in [1.165, 1.54) is 121 Å². The first-order valence-corrected chi connectivity index (χ1v) is 23.5. The molecule has 0 heterocycles. The van der Waals surface area contributed by atoms with Crippen molar-refractivity contribution < 1.29 is 4.74 Å². The third-order valence-electron chi connectivity index (χ3n) is 14.3. The molecule has 0 radical (unpaired) electrons. The van der Waals surface area contributed by atoms with Crippen molar-refractivity contribution >= 4 is 43.1 Å². The van der Waals surface area contributed by atoms with Crippen LogP contribution in [-0.2, 0) is 5.41 Å². The minimum atomic E-state index is -0.227. The van der Waals surface area contributed by atoms with E-state index in [4.69, 9.17) is 4.74 Å². The second-order valence-electron chi connectivity index (χ2n) is 18.5. The lowest BCUT2D eigenvalue weighted by Gasteiger charge is -2.24. The monoisotopic (exact) mass is 846 g/mol. The Balaban J connectivity index is 0.969. The molecular formula is C65H50O. The maximum absolute atomic E-state index is 6.06. The molecule has 66 heavy (non-hydrogen) atoms. The molecular weight excluding hydrogens is 797 g/mol. The van der Waals surface area contributed by atoms with E-state index in [2.05, 4.69) is 233 Å². The second-order valence-corrected chi connectivity index (χ2v) is 18.5. The summed E-state index contributed by atoms with van der Waals surface area (Å²) in [4.78, 5) is 0. The largest absolute Gasteiger partial charge is 0.494 e. The average Bonchev–Trinajstić information content (AvgIpc) is 3.59. The highest BCUT2D eigenvalue weighted by atomic mass is 16.5. The lowest BCUT2D eigenvalue weighted by molar-refractivity contribution is 0.309. The Bertz CT molecular complexity index is 3540. The van der Waals surface area contributed by atoms with Gasteiger partial charge in [-0.1, -0.05) is 215 Å². The van der Waals surface area contributed by atoms with Gasteiger partial charge in [-0.15, -0.1) is 0 Å². The van der Waals surface area contributed by atoms with Crippen LogP contribution in [0.5, 0.6) is 5.75 Å². The summed E-state index contributed by atoms with van der Waals surface area (Å²) in [6.45, 7) is 7.77. The van der Waals surface area contributed by atoms with Gasteiger partial charge >= 0.3 is 0 Å². The van der Waals surface area contributed by atoms with Crippen molar-refractivity contribution in [1.82, 2.24) is 0 Å². The summed E-state index contributed by atoms with van der Waals surface area (Å²) in [6, 6.07) is 78.9. The van der Waals surface area contributed by atoms with E-state index in [0.717, 1.165) is 25.2 Å². The number of fused-ring (bicyclic) bond motifs is 7. The van der Waals surface area contributed by atoms with Gasteiger partial charge in [-0.25, -0.2) is 0 Å². The zero-order valence-electron chi connectivity index (χ0n) is 37.7. The summed E-state index contributed by atoms with van der Waals surface area (Å²) in [5, 5.41) is 10.1. The summed E-state index contributed by atoms with van der Waals surface area (Å²) >= 11 is 0. The molecule has 1 aliphatic rings. The van der Waals surface area contributed by atoms with Crippen molar-refractivity contribution in [3.8, 4) is 72.5 Å². The van der Waals surface area contributed by atoms with Crippen LogP contribution in [0.4, 0.5) is 0 Å². The van der Waals surface area contributed by atoms with E-state index in [1.807, 2.05) is 0 Å². The van der Waals surface area contributed by atoms with Crippen molar-refractivity contribution in [1.29, 1.82) is 0 Å². The number of hydrogen-bond acceptors (Lipinski definition) is 1. The smallest absolute Gasteiger partial charge is 0.119 e. The first-order valence-electron chi connectivity index (χ1n) is 23.5. The number of benzene rings is 11. The molecule has 0 saturated heterocycles. The molecule has 11 aromatic rings. The highest BCUT2D eigenvalue weighted by molar-refractivity contribution is 6.23. The zero-order valence-corrected chi connectivity index (χ0v) is 37.7. The van der Waals surface area contributed by atoms with Crippen molar-refractivity contribution in [3.05, 3.63) is 223 Å². The van der Waals surface area contributed by atoms with E-state index in [1.54, 1.807) is 0 Å². The van der Waals surface area contributed by atoms with Crippen molar-refractivity contribution in [3.63, 3.8) is 0 Å². The molecule has 0 saturated carbocycles. The molecule has 1 nitrogen and oxygen atoms in total. The molecule has 0 fully saturated rings. The highest BCUT2D eigenvalue weighted by Gasteiger charge is 2.36. The number of hydrogen-bond donors (Lipinski definition) is 0. The van der Waals surface area contributed by atoms with E-state index in [9.17, 15) is 0 Å². The van der Waals surface area contributed by atoms with Gasteiger partial charge in [-0.2, -0.15) is 0 Å². The first-order chi connectivity index (χ1) is 32.5. The van der Waals surface area contributed by atoms with Crippen LogP contribution in [0.2, 0.25) is 0 Å². The Hall–Kier alpha value is -7.74. The molecule has 1 aliphatic carbocycles. The molecule has 0 bridgehead atoms. The minimum absolute atomic E-state index is 0.227. The van der Waals surface area contributed by atoms with E-state index >= 15 is 0 Å². The van der Waals surface area contributed by atoms with E-state index < -0.39 is 0 Å². The molecule has 11 aromatic carbocycles. The van der Waals surface area contributed by atoms with Gasteiger partial charge in [-0.05, 0) is 152 Å². The fourth-order valence-electron chi connectivity index (χ4n) is 11.1. The van der Waals surface area contributed by atoms with E-state index in [-0.39, 0.29) is 5.41 Å². The summed E-state index contributed by atoms with van der Waals surface area (Å²) in [6.07, 6.45) is 2.18. The number of rotatable bonds is 9. The van der Waals surface area contributed by atoms with Gasteiger partial charge in [-0.3, -0.25) is 0 Å². The Morgan fingerprint density at radius 2 is 0.652 bits per heavy atom. The van der Waals surface area contributed by atoms with Crippen molar-refractivity contribution in [2.45, 2.75) is 39.0 Å². The van der Waals surface area contributed by atoms with Gasteiger partial charge in [0.1, 0.15) is 5.75 Å². The topological polar surface area (TPSA) is 9.23 Å². The van der Waals surface area contributed by atoms with Crippen LogP contribution in [0.3, 0.4) is 0 Å². The van der Waals surface area contributed by atoms with Gasteiger partial charge in [0.15, 0.2) is 0 Å². The van der Waals surface area contributed by atoms with Gasteiger partial charge in [0.2, 0.25) is 0 Å². The van der Waals surface area contributed by atoms with Crippen LogP contribution < -0.4 is 4.74 Å². The number of ether oxygens (including phenoxy) is 1. The molecule has 0 N–H and O–H groups in total. The molecule has 12 rings (SSSR count). The lowest BCUT2D eigenvalue weighted by atomic mass is 9.79. The maximum atomic E-state index is 6.06. The normalized spacial score (nSPS) is 12.8. The molecule has 0 aliphatic heterocycles. The van der Waals surface area contributed by atoms with Crippen LogP contribution in [0.1, 0.15) is 44.7 Å². The van der Waals surface area contributed by atoms with Crippen LogP contribution in [-0.4, -0.2) is 6.61 Å². The molecule has 316 valence electrons. The molecule has 0 unspecified atom stereocenters. The third kappa shape index (κ3) is 6.45. The lowest BCUT2D eigenvalue weighted by Crippen LogP contribution is -2.15. The summed E-state index contributed by atoms with van der Waals surface area (Å²) in [5.41, 5.74) is 17.7. The maximum Gasteiger partial charge on any atom is 0.119 e. The van der Waals surface area contributed by atoms with E-state index in [0.29, 0.717) is 0 Å². The van der Waals surface area contributed by atoms with Gasteiger partial charge in [0, 0.05) is 5.41 Å². The van der Waals surface area contributed by atoms with Crippen molar-refractivity contribution in [2.24, 2.45) is 0 Å². The fourth-order valence-corrected chi connectivity index (χ4v) is 11.1. The second kappa shape index (κ2) is 16.1. The Morgan fingerprint density at radius 1 is 0.333 bits per heavy atom. The quantitative estimate of drug-likeness (QED) is 0.104. The Morgan fingerprint density at radius 3 is 1.05 bits per heavy atom. The summed E-state index contributed by atoms with van der Waals surface area (Å²) in [7, 11) is 0. The van der Waals surface area contributed by atoms with Crippen LogP contribution in [0.15, 0.2) is 212 Å². The summed E-state index contributed by atoms with van der Waals surface area (Å²) < 4.78 is 6.06. The Labute approximate surface area is 387 Å². The SMILES string of the molecule is CCCCOc1ccc(-c2c3ccccc3c(-c3ccc4c(c3)C(C)(C)c3cc(-c5c6ccccc6c(-c6ccc(-c7ccccc7)cc6)c6ccccc56)ccc3-4)c3ccccc23)cc1. The summed E-state index contributed by atoms with van der Waals surface area (Å²) in [5.74, 6) is 0.923. The standard InChI is InChI=1S/C65H50O/c1-4-5-39-66-48-35-31-45(32-36-48)62-53-21-11-15-25-57(53)64(58-26-16-12-22-54(58)62)47-34-38-50-49-37-33-46(40-59(49)65(2,3)60(50)41-47)63-55-23-13-9-19-51(55)61(52-20-10-14-24-56(52)63)44-29-27-43(28-30-44)42-17-7-6-8-18-42/h6-38,40-41H,4-5,39H2,1-3H3. The molecule has 1 heteroatoms. The average molecular weight is 847 g/mol. The zero-order chi connectivity index (χ0) is 44.4. The van der Waals surface area contributed by atoms with Crippen LogP contribution >= 0.6 is 0 Å². The number of unbranched alkanes of at least 4 members (excludes halogenated alkanes) is 1. The molecule has 0 atom stereocenters. The van der Waals surface area contributed by atoms with Crippen LogP contribution in [0, 0.1) is 0 Å². The van der Waals surface area contributed by atoms with Crippen molar-refractivity contribution in [2.75, 3.05) is 6.61 Å². The predicted molar refractivity (Wildman–Crippen MR) is 282 cm³/mol. The molecule has 0 aromatic heterocycles. The van der Waals surface area contributed by atoms with Gasteiger partial charge in [0.05, 0.1) is 6.61 Å². The van der Waals surface area contributed by atoms with Crippen LogP contribution in [0.25, 0.3) is 110 Å². The minimum Gasteiger partial charge on any atom is -0.494 e. The first kappa shape index (κ1) is 39.8. The highest BCUT2D eigenvalue weighted by Crippen LogP contribution is 2.53. The third-order valence-corrected chi connectivity index (χ3v) is 14.3.